The molecule has 0 unspecified atom stereocenters. The number of nitrogens with zero attached hydrogens (tertiary/aromatic N) is 1. The van der Waals surface area contributed by atoms with E-state index in [-0.39, 0.29) is 11.8 Å². The van der Waals surface area contributed by atoms with Crippen molar-refractivity contribution in [1.29, 1.82) is 0 Å². The first kappa shape index (κ1) is 19.7. The summed E-state index contributed by atoms with van der Waals surface area (Å²) in [4.78, 5) is 48.2. The summed E-state index contributed by atoms with van der Waals surface area (Å²) in [7, 11) is 0. The second-order valence-electron chi connectivity index (χ2n) is 5.91. The first-order chi connectivity index (χ1) is 12.4. The Morgan fingerprint density at radius 2 is 1.73 bits per heavy atom. The highest BCUT2D eigenvalue weighted by Crippen LogP contribution is 2.21. The number of piperidine rings is 1. The van der Waals surface area contributed by atoms with Gasteiger partial charge in [-0.2, -0.15) is 0 Å². The van der Waals surface area contributed by atoms with Gasteiger partial charge in [0.1, 0.15) is 0 Å². The molecule has 2 N–H and O–H groups in total. The van der Waals surface area contributed by atoms with Crippen LogP contribution in [0.3, 0.4) is 0 Å². The maximum atomic E-state index is 12.4. The Morgan fingerprint density at radius 3 is 2.31 bits per heavy atom. The second kappa shape index (κ2) is 9.19. The van der Waals surface area contributed by atoms with Crippen LogP contribution < -0.4 is 10.9 Å². The highest BCUT2D eigenvalue weighted by Gasteiger charge is 2.29. The van der Waals surface area contributed by atoms with Gasteiger partial charge in [0.25, 0.3) is 11.8 Å². The number of hydrazine groups is 1. The first-order valence-electron chi connectivity index (χ1n) is 8.13. The third kappa shape index (κ3) is 5.73. The van der Waals surface area contributed by atoms with Crippen LogP contribution >= 0.6 is 11.6 Å². The van der Waals surface area contributed by atoms with Crippen molar-refractivity contribution in [2.45, 2.75) is 19.8 Å². The Bertz CT molecular complexity index is 684. The number of hydrogen-bond acceptors (Lipinski definition) is 5. The Morgan fingerprint density at radius 1 is 1.12 bits per heavy atom. The van der Waals surface area contributed by atoms with Crippen LogP contribution in [0.5, 0.6) is 0 Å². The highest BCUT2D eigenvalue weighted by molar-refractivity contribution is 6.30. The maximum absolute atomic E-state index is 12.4. The minimum atomic E-state index is -0.621. The van der Waals surface area contributed by atoms with Crippen molar-refractivity contribution < 1.29 is 23.9 Å². The van der Waals surface area contributed by atoms with E-state index in [1.807, 2.05) is 0 Å². The van der Waals surface area contributed by atoms with E-state index in [1.165, 1.54) is 6.92 Å². The van der Waals surface area contributed by atoms with Crippen LogP contribution in [-0.4, -0.2) is 48.3 Å². The van der Waals surface area contributed by atoms with Crippen LogP contribution in [0.15, 0.2) is 24.3 Å². The Kier molecular flexibility index (Phi) is 6.97. The van der Waals surface area contributed by atoms with Crippen molar-refractivity contribution in [3.05, 3.63) is 34.9 Å². The molecule has 1 aromatic carbocycles. The zero-order valence-electron chi connectivity index (χ0n) is 14.3. The summed E-state index contributed by atoms with van der Waals surface area (Å²) < 4.78 is 4.95. The molecule has 0 spiro atoms. The van der Waals surface area contributed by atoms with Gasteiger partial charge in [0, 0.05) is 30.6 Å². The van der Waals surface area contributed by atoms with Crippen LogP contribution in [0.25, 0.3) is 0 Å². The average molecular weight is 382 g/mol. The zero-order valence-corrected chi connectivity index (χ0v) is 15.0. The van der Waals surface area contributed by atoms with Crippen molar-refractivity contribution >= 4 is 35.3 Å². The number of ether oxygens (including phenoxy) is 1. The number of carbonyl (C=O) groups excluding carboxylic acids is 4. The Balaban J connectivity index is 1.76. The average Bonchev–Trinajstić information content (AvgIpc) is 2.64. The smallest absolute Gasteiger partial charge is 0.309 e. The number of rotatable bonds is 4. The van der Waals surface area contributed by atoms with Gasteiger partial charge in [-0.05, 0) is 37.1 Å². The summed E-state index contributed by atoms with van der Waals surface area (Å²) >= 11 is 5.82. The molecule has 0 bridgehead atoms. The zero-order chi connectivity index (χ0) is 19.1. The third-order valence-corrected chi connectivity index (χ3v) is 4.18. The number of likely N-dealkylation sites (tertiary alicyclic amines) is 1. The fourth-order valence-electron chi connectivity index (χ4n) is 2.54. The minimum Gasteiger partial charge on any atom is -0.455 e. The molecule has 3 amide bonds. The molecule has 0 aromatic heterocycles. The molecule has 1 aliphatic heterocycles. The molecular weight excluding hydrogens is 362 g/mol. The van der Waals surface area contributed by atoms with E-state index >= 15 is 0 Å². The summed E-state index contributed by atoms with van der Waals surface area (Å²) in [5.41, 5.74) is 4.76. The molecule has 26 heavy (non-hydrogen) atoms. The summed E-state index contributed by atoms with van der Waals surface area (Å²) in [6.45, 7) is 1.63. The summed E-state index contributed by atoms with van der Waals surface area (Å²) in [5.74, 6) is -2.01. The van der Waals surface area contributed by atoms with Crippen molar-refractivity contribution in [2.75, 3.05) is 19.7 Å². The van der Waals surface area contributed by atoms with Gasteiger partial charge in [0.05, 0.1) is 5.92 Å². The van der Waals surface area contributed by atoms with Gasteiger partial charge in [0.2, 0.25) is 5.91 Å². The molecule has 140 valence electrons. The van der Waals surface area contributed by atoms with Crippen LogP contribution in [0, 0.1) is 5.92 Å². The van der Waals surface area contributed by atoms with Gasteiger partial charge in [-0.15, -0.1) is 0 Å². The SMILES string of the molecule is CC(=O)NNC(=O)COC(=O)C1CCN(C(=O)c2ccc(Cl)cc2)CC1. The topological polar surface area (TPSA) is 105 Å². The van der Waals surface area contributed by atoms with E-state index in [1.54, 1.807) is 29.2 Å². The van der Waals surface area contributed by atoms with Gasteiger partial charge in [-0.1, -0.05) is 11.6 Å². The summed E-state index contributed by atoms with van der Waals surface area (Å²) in [5, 5.41) is 0.561. The van der Waals surface area contributed by atoms with Gasteiger partial charge in [0.15, 0.2) is 6.61 Å². The molecular formula is C17H20ClN3O5. The number of amides is 3. The van der Waals surface area contributed by atoms with Crippen LogP contribution in [0.2, 0.25) is 5.02 Å². The molecule has 0 radical (unpaired) electrons. The maximum Gasteiger partial charge on any atom is 0.309 e. The molecule has 1 aliphatic rings. The first-order valence-corrected chi connectivity index (χ1v) is 8.51. The van der Waals surface area contributed by atoms with Crippen molar-refractivity contribution in [3.8, 4) is 0 Å². The van der Waals surface area contributed by atoms with Crippen molar-refractivity contribution in [2.24, 2.45) is 5.92 Å². The van der Waals surface area contributed by atoms with Gasteiger partial charge < -0.3 is 9.64 Å². The quantitative estimate of drug-likeness (QED) is 0.595. The fourth-order valence-corrected chi connectivity index (χ4v) is 2.67. The number of esters is 1. The Hall–Kier alpha value is -2.61. The fraction of sp³-hybridized carbons (Fsp3) is 0.412. The monoisotopic (exact) mass is 381 g/mol. The van der Waals surface area contributed by atoms with E-state index in [0.717, 1.165) is 0 Å². The lowest BCUT2D eigenvalue weighted by molar-refractivity contribution is -0.154. The summed E-state index contributed by atoms with van der Waals surface area (Å²) in [6, 6.07) is 6.65. The lowest BCUT2D eigenvalue weighted by Gasteiger charge is -2.31. The van der Waals surface area contributed by atoms with E-state index in [9.17, 15) is 19.2 Å². The molecule has 1 saturated heterocycles. The lowest BCUT2D eigenvalue weighted by Crippen LogP contribution is -2.43. The van der Waals surface area contributed by atoms with Crippen molar-refractivity contribution in [1.82, 2.24) is 15.8 Å². The normalized spacial score (nSPS) is 14.5. The van der Waals surface area contributed by atoms with E-state index in [0.29, 0.717) is 36.5 Å². The van der Waals surface area contributed by atoms with Gasteiger partial charge >= 0.3 is 5.97 Å². The predicted octanol–water partition coefficient (Wildman–Crippen LogP) is 0.903. The van der Waals surface area contributed by atoms with Crippen LogP contribution in [0.4, 0.5) is 0 Å². The Labute approximate surface area is 155 Å². The number of benzene rings is 1. The minimum absolute atomic E-state index is 0.108. The molecule has 1 aromatic rings. The molecule has 0 atom stereocenters. The van der Waals surface area contributed by atoms with E-state index in [4.69, 9.17) is 16.3 Å². The molecule has 0 saturated carbocycles. The number of hydrogen-bond donors (Lipinski definition) is 2. The van der Waals surface area contributed by atoms with E-state index in [2.05, 4.69) is 10.9 Å². The molecule has 0 aliphatic carbocycles. The number of halogens is 1. The molecule has 1 fully saturated rings. The standard InChI is InChI=1S/C17H20ClN3O5/c1-11(22)19-20-15(23)10-26-17(25)13-6-8-21(9-7-13)16(24)12-2-4-14(18)5-3-12/h2-5,13H,6-10H2,1H3,(H,19,22)(H,20,23). The van der Waals surface area contributed by atoms with Gasteiger partial charge in [-0.25, -0.2) is 0 Å². The van der Waals surface area contributed by atoms with Crippen LogP contribution in [0.1, 0.15) is 30.1 Å². The second-order valence-corrected chi connectivity index (χ2v) is 6.35. The largest absolute Gasteiger partial charge is 0.455 e. The molecule has 1 heterocycles. The van der Waals surface area contributed by atoms with E-state index < -0.39 is 24.4 Å². The third-order valence-electron chi connectivity index (χ3n) is 3.93. The van der Waals surface area contributed by atoms with Gasteiger partial charge in [-0.3, -0.25) is 30.0 Å². The molecule has 2 rings (SSSR count). The predicted molar refractivity (Wildman–Crippen MR) is 93.0 cm³/mol. The van der Waals surface area contributed by atoms with Crippen LogP contribution in [-0.2, 0) is 19.1 Å². The number of nitrogens with one attached hydrogen (secondary N) is 2. The lowest BCUT2D eigenvalue weighted by atomic mass is 9.96. The summed E-state index contributed by atoms with van der Waals surface area (Å²) in [6.07, 6.45) is 0.928. The number of carbonyl (C=O) groups is 4. The highest BCUT2D eigenvalue weighted by atomic mass is 35.5. The molecule has 9 heteroatoms. The molecule has 8 nitrogen and oxygen atoms in total. The van der Waals surface area contributed by atoms with Crippen molar-refractivity contribution in [3.63, 3.8) is 0 Å².